The molecule has 23 heavy (non-hydrogen) atoms. The van der Waals surface area contributed by atoms with Crippen LogP contribution in [-0.4, -0.2) is 41.3 Å². The fourth-order valence-electron chi connectivity index (χ4n) is 2.99. The molecule has 1 aliphatic rings. The quantitative estimate of drug-likeness (QED) is 0.929. The number of nitrogens with one attached hydrogen (secondary N) is 1. The molecule has 1 aliphatic heterocycles. The Morgan fingerprint density at radius 1 is 1.43 bits per heavy atom. The SMILES string of the molecule is CCOC(=O)NC1CCCN(Cn2c(=O)oc3ccccc32)C1. The van der Waals surface area contributed by atoms with E-state index in [-0.39, 0.29) is 17.9 Å². The van der Waals surface area contributed by atoms with Gasteiger partial charge in [-0.05, 0) is 38.4 Å². The summed E-state index contributed by atoms with van der Waals surface area (Å²) >= 11 is 0. The number of fused-ring (bicyclic) bond motifs is 1. The molecule has 0 saturated carbocycles. The van der Waals surface area contributed by atoms with Crippen molar-refractivity contribution < 1.29 is 13.9 Å². The van der Waals surface area contributed by atoms with Gasteiger partial charge in [0.05, 0.1) is 18.8 Å². The number of benzene rings is 1. The largest absolute Gasteiger partial charge is 0.450 e. The van der Waals surface area contributed by atoms with Crippen molar-refractivity contribution in [3.63, 3.8) is 0 Å². The van der Waals surface area contributed by atoms with Gasteiger partial charge in [0.1, 0.15) is 0 Å². The van der Waals surface area contributed by atoms with Crippen LogP contribution in [0.15, 0.2) is 33.5 Å². The van der Waals surface area contributed by atoms with E-state index in [9.17, 15) is 9.59 Å². The van der Waals surface area contributed by atoms with Crippen molar-refractivity contribution in [2.24, 2.45) is 0 Å². The van der Waals surface area contributed by atoms with Gasteiger partial charge in [0.2, 0.25) is 0 Å². The summed E-state index contributed by atoms with van der Waals surface area (Å²) in [7, 11) is 0. The Kier molecular flexibility index (Phi) is 4.66. The third-order valence-electron chi connectivity index (χ3n) is 4.02. The molecule has 0 bridgehead atoms. The highest BCUT2D eigenvalue weighted by atomic mass is 16.5. The van der Waals surface area contributed by atoms with E-state index in [1.165, 1.54) is 0 Å². The molecule has 124 valence electrons. The van der Waals surface area contributed by atoms with Crippen LogP contribution in [0, 0.1) is 0 Å². The van der Waals surface area contributed by atoms with E-state index in [0.29, 0.717) is 25.4 Å². The second kappa shape index (κ2) is 6.87. The average Bonchev–Trinajstić information content (AvgIpc) is 2.84. The molecular weight excluding hydrogens is 298 g/mol. The summed E-state index contributed by atoms with van der Waals surface area (Å²) in [6.07, 6.45) is 1.49. The van der Waals surface area contributed by atoms with Crippen LogP contribution in [0.3, 0.4) is 0 Å². The van der Waals surface area contributed by atoms with Gasteiger partial charge >= 0.3 is 11.8 Å². The fraction of sp³-hybridized carbons (Fsp3) is 0.500. The minimum Gasteiger partial charge on any atom is -0.450 e. The molecule has 2 aromatic rings. The normalized spacial score (nSPS) is 18.9. The molecule has 0 spiro atoms. The first-order valence-electron chi connectivity index (χ1n) is 7.91. The van der Waals surface area contributed by atoms with Crippen molar-refractivity contribution >= 4 is 17.2 Å². The number of para-hydroxylation sites is 2. The number of carbonyl (C=O) groups is 1. The maximum absolute atomic E-state index is 12.0. The number of hydrogen-bond donors (Lipinski definition) is 1. The lowest BCUT2D eigenvalue weighted by molar-refractivity contribution is 0.123. The molecule has 7 heteroatoms. The first kappa shape index (κ1) is 15.6. The summed E-state index contributed by atoms with van der Waals surface area (Å²) < 4.78 is 11.8. The zero-order valence-corrected chi connectivity index (χ0v) is 13.2. The standard InChI is InChI=1S/C16H21N3O4/c1-2-22-15(20)17-12-6-5-9-18(10-12)11-19-13-7-3-4-8-14(13)23-16(19)21/h3-4,7-8,12H,2,5-6,9-11H2,1H3,(H,17,20). The first-order chi connectivity index (χ1) is 11.2. The second-order valence-electron chi connectivity index (χ2n) is 5.69. The van der Waals surface area contributed by atoms with Crippen molar-refractivity contribution in [1.82, 2.24) is 14.8 Å². The van der Waals surface area contributed by atoms with Crippen LogP contribution in [0.1, 0.15) is 19.8 Å². The van der Waals surface area contributed by atoms with E-state index in [2.05, 4.69) is 10.2 Å². The summed E-state index contributed by atoms with van der Waals surface area (Å²) in [4.78, 5) is 25.7. The minimum absolute atomic E-state index is 0.0386. The smallest absolute Gasteiger partial charge is 0.421 e. The Bertz CT molecular complexity index is 736. The number of carbonyl (C=O) groups excluding carboxylic acids is 1. The summed E-state index contributed by atoms with van der Waals surface area (Å²) in [5.74, 6) is -0.355. The van der Waals surface area contributed by atoms with Gasteiger partial charge in [0.15, 0.2) is 5.58 Å². The molecule has 1 aromatic heterocycles. The van der Waals surface area contributed by atoms with Gasteiger partial charge in [0, 0.05) is 12.6 Å². The maximum Gasteiger partial charge on any atom is 0.421 e. The Morgan fingerprint density at radius 2 is 2.26 bits per heavy atom. The van der Waals surface area contributed by atoms with Crippen LogP contribution >= 0.6 is 0 Å². The molecule has 2 heterocycles. The molecule has 7 nitrogen and oxygen atoms in total. The van der Waals surface area contributed by atoms with Crippen LogP contribution < -0.4 is 11.1 Å². The lowest BCUT2D eigenvalue weighted by Gasteiger charge is -2.32. The molecule has 1 N–H and O–H groups in total. The highest BCUT2D eigenvalue weighted by Crippen LogP contribution is 2.15. The first-order valence-corrected chi connectivity index (χ1v) is 7.91. The topological polar surface area (TPSA) is 76.7 Å². The summed E-state index contributed by atoms with van der Waals surface area (Å²) in [6.45, 7) is 4.16. The molecule has 0 radical (unpaired) electrons. The van der Waals surface area contributed by atoms with Crippen LogP contribution in [0.2, 0.25) is 0 Å². The van der Waals surface area contributed by atoms with Crippen LogP contribution in [0.4, 0.5) is 4.79 Å². The Labute approximate surface area is 133 Å². The number of rotatable bonds is 4. The van der Waals surface area contributed by atoms with Crippen molar-refractivity contribution in [3.8, 4) is 0 Å². The third kappa shape index (κ3) is 3.56. The van der Waals surface area contributed by atoms with Crippen molar-refractivity contribution in [3.05, 3.63) is 34.8 Å². The van der Waals surface area contributed by atoms with Crippen molar-refractivity contribution in [1.29, 1.82) is 0 Å². The summed E-state index contributed by atoms with van der Waals surface area (Å²) in [5, 5.41) is 2.87. The summed E-state index contributed by atoms with van der Waals surface area (Å²) in [5.41, 5.74) is 1.38. The Hall–Kier alpha value is -2.28. The molecule has 1 unspecified atom stereocenters. The van der Waals surface area contributed by atoms with E-state index < -0.39 is 0 Å². The zero-order chi connectivity index (χ0) is 16.2. The van der Waals surface area contributed by atoms with Gasteiger partial charge in [-0.25, -0.2) is 9.59 Å². The third-order valence-corrected chi connectivity index (χ3v) is 4.02. The lowest BCUT2D eigenvalue weighted by Crippen LogP contribution is -2.48. The number of likely N-dealkylation sites (tertiary alicyclic amines) is 1. The number of amides is 1. The number of ether oxygens (including phenoxy) is 1. The molecule has 3 rings (SSSR count). The monoisotopic (exact) mass is 319 g/mol. The van der Waals surface area contributed by atoms with Gasteiger partial charge in [-0.3, -0.25) is 9.47 Å². The van der Waals surface area contributed by atoms with E-state index in [0.717, 1.165) is 24.9 Å². The van der Waals surface area contributed by atoms with Crippen LogP contribution in [0.5, 0.6) is 0 Å². The zero-order valence-electron chi connectivity index (χ0n) is 13.2. The van der Waals surface area contributed by atoms with E-state index in [1.54, 1.807) is 17.6 Å². The van der Waals surface area contributed by atoms with Gasteiger partial charge in [0.25, 0.3) is 0 Å². The highest BCUT2D eigenvalue weighted by molar-refractivity contribution is 5.72. The predicted molar refractivity (Wildman–Crippen MR) is 85.2 cm³/mol. The molecule has 1 aromatic carbocycles. The van der Waals surface area contributed by atoms with Gasteiger partial charge in [-0.15, -0.1) is 0 Å². The van der Waals surface area contributed by atoms with E-state index in [4.69, 9.17) is 9.15 Å². The lowest BCUT2D eigenvalue weighted by atomic mass is 10.1. The number of nitrogens with zero attached hydrogens (tertiary/aromatic N) is 2. The average molecular weight is 319 g/mol. The highest BCUT2D eigenvalue weighted by Gasteiger charge is 2.23. The molecule has 0 aliphatic carbocycles. The maximum atomic E-state index is 12.0. The van der Waals surface area contributed by atoms with Crippen LogP contribution in [-0.2, 0) is 11.4 Å². The van der Waals surface area contributed by atoms with Crippen molar-refractivity contribution in [2.75, 3.05) is 19.7 Å². The Morgan fingerprint density at radius 3 is 3.09 bits per heavy atom. The number of hydrogen-bond acceptors (Lipinski definition) is 5. The molecule has 1 atom stereocenters. The number of piperidine rings is 1. The summed E-state index contributed by atoms with van der Waals surface area (Å²) in [6, 6.07) is 7.43. The second-order valence-corrected chi connectivity index (χ2v) is 5.69. The molecular formula is C16H21N3O4. The fourth-order valence-corrected chi connectivity index (χ4v) is 2.99. The molecule has 1 saturated heterocycles. The van der Waals surface area contributed by atoms with Gasteiger partial charge in [-0.2, -0.15) is 0 Å². The Balaban J connectivity index is 1.68. The number of aromatic nitrogens is 1. The molecule has 1 fully saturated rings. The number of alkyl carbamates (subject to hydrolysis) is 1. The molecule has 1 amide bonds. The van der Waals surface area contributed by atoms with Gasteiger partial charge < -0.3 is 14.5 Å². The van der Waals surface area contributed by atoms with Gasteiger partial charge in [-0.1, -0.05) is 12.1 Å². The van der Waals surface area contributed by atoms with E-state index in [1.807, 2.05) is 18.2 Å². The van der Waals surface area contributed by atoms with Crippen molar-refractivity contribution in [2.45, 2.75) is 32.5 Å². The van der Waals surface area contributed by atoms with Crippen LogP contribution in [0.25, 0.3) is 11.1 Å². The predicted octanol–water partition coefficient (Wildman–Crippen LogP) is 1.76. The van der Waals surface area contributed by atoms with E-state index >= 15 is 0 Å². The minimum atomic E-state index is -0.384. The number of oxazole rings is 1.